The molecule has 122 valence electrons. The fraction of sp³-hybridized carbons (Fsp3) is 0.529. The number of amides is 1. The highest BCUT2D eigenvalue weighted by Gasteiger charge is 2.06. The van der Waals surface area contributed by atoms with Gasteiger partial charge in [-0.2, -0.15) is 0 Å². The summed E-state index contributed by atoms with van der Waals surface area (Å²) in [6, 6.07) is 7.13. The van der Waals surface area contributed by atoms with Gasteiger partial charge in [0.15, 0.2) is 0 Å². The molecule has 2 N–H and O–H groups in total. The second-order valence-electron chi connectivity index (χ2n) is 5.69. The molecule has 0 spiro atoms. The van der Waals surface area contributed by atoms with Crippen molar-refractivity contribution in [1.29, 1.82) is 0 Å². The van der Waals surface area contributed by atoms with Crippen LogP contribution in [0.2, 0.25) is 0 Å². The predicted molar refractivity (Wildman–Crippen MR) is 85.2 cm³/mol. The minimum Gasteiger partial charge on any atom is -0.493 e. The molecule has 0 aromatic heterocycles. The average Bonchev–Trinajstić information content (AvgIpc) is 2.48. The zero-order valence-electron chi connectivity index (χ0n) is 13.3. The van der Waals surface area contributed by atoms with Crippen molar-refractivity contribution in [3.63, 3.8) is 0 Å². The summed E-state index contributed by atoms with van der Waals surface area (Å²) in [7, 11) is 0. The molecule has 5 nitrogen and oxygen atoms in total. The van der Waals surface area contributed by atoms with Crippen molar-refractivity contribution in [2.24, 2.45) is 5.92 Å². The molecule has 1 rings (SSSR count). The van der Waals surface area contributed by atoms with Crippen molar-refractivity contribution in [3.8, 4) is 5.75 Å². The quantitative estimate of drug-likeness (QED) is 0.651. The van der Waals surface area contributed by atoms with Crippen LogP contribution in [0.25, 0.3) is 0 Å². The predicted octanol–water partition coefficient (Wildman–Crippen LogP) is 3.10. The van der Waals surface area contributed by atoms with Crippen LogP contribution in [-0.4, -0.2) is 30.1 Å². The molecule has 0 radical (unpaired) electrons. The molecule has 0 aliphatic heterocycles. The molecule has 1 aromatic carbocycles. The van der Waals surface area contributed by atoms with E-state index in [9.17, 15) is 9.59 Å². The lowest BCUT2D eigenvalue weighted by Gasteiger charge is -2.10. The Morgan fingerprint density at radius 1 is 1.23 bits per heavy atom. The van der Waals surface area contributed by atoms with Crippen molar-refractivity contribution in [2.45, 2.75) is 39.5 Å². The molecule has 0 bridgehead atoms. The van der Waals surface area contributed by atoms with E-state index in [4.69, 9.17) is 9.84 Å². The first kappa shape index (κ1) is 18.0. The van der Waals surface area contributed by atoms with Gasteiger partial charge < -0.3 is 15.2 Å². The topological polar surface area (TPSA) is 75.6 Å². The van der Waals surface area contributed by atoms with E-state index in [0.717, 1.165) is 12.8 Å². The molecular weight excluding hydrogens is 282 g/mol. The molecule has 0 saturated heterocycles. The summed E-state index contributed by atoms with van der Waals surface area (Å²) in [5, 5.41) is 11.4. The minimum absolute atomic E-state index is 0.131. The minimum atomic E-state index is -0.776. The van der Waals surface area contributed by atoms with Gasteiger partial charge in [0.25, 0.3) is 5.91 Å². The standard InChI is InChI=1S/C17H25NO4/c1-13(2)12-22-15-8-6-7-14(11-15)17(21)18-10-5-3-4-9-16(19)20/h6-8,11,13H,3-5,9-10,12H2,1-2H3,(H,18,21)(H,19,20). The van der Waals surface area contributed by atoms with Gasteiger partial charge in [-0.15, -0.1) is 0 Å². The third-order valence-corrected chi connectivity index (χ3v) is 3.03. The van der Waals surface area contributed by atoms with Gasteiger partial charge >= 0.3 is 5.97 Å². The molecule has 1 aromatic rings. The average molecular weight is 307 g/mol. The maximum absolute atomic E-state index is 12.0. The molecule has 1 amide bonds. The molecule has 0 heterocycles. The van der Waals surface area contributed by atoms with E-state index < -0.39 is 5.97 Å². The lowest BCUT2D eigenvalue weighted by Crippen LogP contribution is -2.24. The van der Waals surface area contributed by atoms with Crippen molar-refractivity contribution < 1.29 is 19.4 Å². The highest BCUT2D eigenvalue weighted by atomic mass is 16.5. The van der Waals surface area contributed by atoms with Crippen LogP contribution in [0.4, 0.5) is 0 Å². The third-order valence-electron chi connectivity index (χ3n) is 3.03. The Kier molecular flexibility index (Phi) is 8.04. The van der Waals surface area contributed by atoms with Gasteiger partial charge in [-0.25, -0.2) is 0 Å². The molecule has 22 heavy (non-hydrogen) atoms. The Hall–Kier alpha value is -2.04. The molecule has 0 unspecified atom stereocenters. The summed E-state index contributed by atoms with van der Waals surface area (Å²) >= 11 is 0. The number of unbranched alkanes of at least 4 members (excludes halogenated alkanes) is 2. The fourth-order valence-corrected chi connectivity index (χ4v) is 1.87. The fourth-order valence-electron chi connectivity index (χ4n) is 1.87. The Bertz CT molecular complexity index is 485. The highest BCUT2D eigenvalue weighted by molar-refractivity contribution is 5.94. The lowest BCUT2D eigenvalue weighted by atomic mass is 10.1. The Morgan fingerprint density at radius 2 is 2.00 bits per heavy atom. The summed E-state index contributed by atoms with van der Waals surface area (Å²) in [6.07, 6.45) is 2.40. The number of rotatable bonds is 10. The number of aliphatic carboxylic acids is 1. The van der Waals surface area contributed by atoms with Crippen LogP contribution in [-0.2, 0) is 4.79 Å². The largest absolute Gasteiger partial charge is 0.493 e. The molecule has 0 saturated carbocycles. The number of nitrogens with one attached hydrogen (secondary N) is 1. The Morgan fingerprint density at radius 3 is 2.68 bits per heavy atom. The molecule has 5 heteroatoms. The summed E-state index contributed by atoms with van der Waals surface area (Å²) in [6.45, 7) is 5.31. The maximum Gasteiger partial charge on any atom is 0.303 e. The van der Waals surface area contributed by atoms with Crippen LogP contribution in [0.1, 0.15) is 49.9 Å². The number of benzene rings is 1. The first-order chi connectivity index (χ1) is 10.5. The number of carbonyl (C=O) groups is 2. The van der Waals surface area contributed by atoms with Gasteiger partial charge in [-0.05, 0) is 37.0 Å². The number of carboxylic acid groups (broad SMARTS) is 1. The van der Waals surface area contributed by atoms with Crippen LogP contribution < -0.4 is 10.1 Å². The van der Waals surface area contributed by atoms with Gasteiger partial charge in [0.05, 0.1) is 6.61 Å². The third kappa shape index (κ3) is 7.67. The second kappa shape index (κ2) is 9.82. The van der Waals surface area contributed by atoms with E-state index >= 15 is 0 Å². The van der Waals surface area contributed by atoms with E-state index in [0.29, 0.717) is 36.8 Å². The van der Waals surface area contributed by atoms with Crippen LogP contribution in [0.5, 0.6) is 5.75 Å². The molecule has 0 fully saturated rings. The van der Waals surface area contributed by atoms with Crippen LogP contribution >= 0.6 is 0 Å². The summed E-state index contributed by atoms with van der Waals surface area (Å²) < 4.78 is 5.60. The number of hydrogen-bond acceptors (Lipinski definition) is 3. The smallest absolute Gasteiger partial charge is 0.303 e. The van der Waals surface area contributed by atoms with Crippen LogP contribution in [0.15, 0.2) is 24.3 Å². The van der Waals surface area contributed by atoms with Crippen molar-refractivity contribution in [1.82, 2.24) is 5.32 Å². The number of carboxylic acids is 1. The first-order valence-corrected chi connectivity index (χ1v) is 7.72. The Balaban J connectivity index is 2.32. The van der Waals surface area contributed by atoms with Crippen molar-refractivity contribution in [3.05, 3.63) is 29.8 Å². The van der Waals surface area contributed by atoms with Crippen molar-refractivity contribution >= 4 is 11.9 Å². The van der Waals surface area contributed by atoms with Gasteiger partial charge in [0.1, 0.15) is 5.75 Å². The zero-order valence-corrected chi connectivity index (χ0v) is 13.3. The molecule has 0 aliphatic carbocycles. The maximum atomic E-state index is 12.0. The molecular formula is C17H25NO4. The summed E-state index contributed by atoms with van der Waals surface area (Å²) in [5.41, 5.74) is 0.576. The summed E-state index contributed by atoms with van der Waals surface area (Å²) in [4.78, 5) is 22.4. The van der Waals surface area contributed by atoms with E-state index in [1.165, 1.54) is 0 Å². The number of carbonyl (C=O) groups excluding carboxylic acids is 1. The number of hydrogen-bond donors (Lipinski definition) is 2. The molecule has 0 aliphatic rings. The monoisotopic (exact) mass is 307 g/mol. The second-order valence-corrected chi connectivity index (χ2v) is 5.69. The van der Waals surface area contributed by atoms with Crippen LogP contribution in [0, 0.1) is 5.92 Å². The summed E-state index contributed by atoms with van der Waals surface area (Å²) in [5.74, 6) is 0.224. The van der Waals surface area contributed by atoms with E-state index in [1.807, 2.05) is 6.07 Å². The van der Waals surface area contributed by atoms with Gasteiger partial charge in [-0.3, -0.25) is 9.59 Å². The van der Waals surface area contributed by atoms with E-state index in [2.05, 4.69) is 19.2 Å². The van der Waals surface area contributed by atoms with Crippen LogP contribution in [0.3, 0.4) is 0 Å². The van der Waals surface area contributed by atoms with E-state index in [1.54, 1.807) is 18.2 Å². The van der Waals surface area contributed by atoms with Crippen molar-refractivity contribution in [2.75, 3.05) is 13.2 Å². The highest BCUT2D eigenvalue weighted by Crippen LogP contribution is 2.14. The Labute approximate surface area is 131 Å². The van der Waals surface area contributed by atoms with Gasteiger partial charge in [0, 0.05) is 18.5 Å². The SMILES string of the molecule is CC(C)COc1cccc(C(=O)NCCCCCC(=O)O)c1. The lowest BCUT2D eigenvalue weighted by molar-refractivity contribution is -0.137. The first-order valence-electron chi connectivity index (χ1n) is 7.72. The van der Waals surface area contributed by atoms with Gasteiger partial charge in [-0.1, -0.05) is 26.3 Å². The zero-order chi connectivity index (χ0) is 16.4. The molecule has 0 atom stereocenters. The number of ether oxygens (including phenoxy) is 1. The normalized spacial score (nSPS) is 10.5. The van der Waals surface area contributed by atoms with Gasteiger partial charge in [0.2, 0.25) is 0 Å². The van der Waals surface area contributed by atoms with E-state index in [-0.39, 0.29) is 12.3 Å².